The summed E-state index contributed by atoms with van der Waals surface area (Å²) in [6.07, 6.45) is 0. The lowest BCUT2D eigenvalue weighted by Crippen LogP contribution is -2.18. The number of nitro groups is 1. The average Bonchev–Trinajstić information content (AvgIpc) is 2.74. The second-order valence-electron chi connectivity index (χ2n) is 4.20. The number of nitrogens with two attached hydrogens (primary N) is 1. The number of rotatable bonds is 4. The summed E-state index contributed by atoms with van der Waals surface area (Å²) in [5.41, 5.74) is 5.37. The third-order valence-corrected chi connectivity index (χ3v) is 2.66. The molecule has 0 radical (unpaired) electrons. The third-order valence-electron chi connectivity index (χ3n) is 2.66. The standard InChI is InChI=1S/C12H14N4O3/c1-8-3-4-9(19-8)7-15(2)11-6-5-10(16(17)18)12(13)14-11/h3-6H,7H2,1-2H3,(H2,13,14). The van der Waals surface area contributed by atoms with Crippen LogP contribution in [0.4, 0.5) is 17.3 Å². The summed E-state index contributed by atoms with van der Waals surface area (Å²) in [4.78, 5) is 15.9. The molecule has 0 spiro atoms. The molecule has 0 atom stereocenters. The first-order valence-corrected chi connectivity index (χ1v) is 5.64. The van der Waals surface area contributed by atoms with E-state index in [0.29, 0.717) is 12.4 Å². The third kappa shape index (κ3) is 2.82. The van der Waals surface area contributed by atoms with Crippen molar-refractivity contribution < 1.29 is 9.34 Å². The smallest absolute Gasteiger partial charge is 0.311 e. The van der Waals surface area contributed by atoms with E-state index in [-0.39, 0.29) is 11.5 Å². The fourth-order valence-electron chi connectivity index (χ4n) is 1.71. The fourth-order valence-corrected chi connectivity index (χ4v) is 1.71. The minimum absolute atomic E-state index is 0.0926. The van der Waals surface area contributed by atoms with Crippen LogP contribution in [-0.2, 0) is 6.54 Å². The molecule has 0 saturated carbocycles. The zero-order valence-electron chi connectivity index (χ0n) is 10.7. The van der Waals surface area contributed by atoms with E-state index in [1.54, 1.807) is 11.0 Å². The molecule has 0 aliphatic rings. The number of nitrogen functional groups attached to an aromatic ring is 1. The molecule has 2 rings (SSSR count). The highest BCUT2D eigenvalue weighted by Crippen LogP contribution is 2.23. The second kappa shape index (κ2) is 4.97. The monoisotopic (exact) mass is 262 g/mol. The number of anilines is 2. The Bertz CT molecular complexity index is 609. The molecule has 100 valence electrons. The van der Waals surface area contributed by atoms with E-state index in [1.807, 2.05) is 26.1 Å². The topological polar surface area (TPSA) is 98.4 Å². The second-order valence-corrected chi connectivity index (χ2v) is 4.20. The largest absolute Gasteiger partial charge is 0.464 e. The molecule has 0 aromatic carbocycles. The molecule has 0 unspecified atom stereocenters. The van der Waals surface area contributed by atoms with Gasteiger partial charge in [-0.05, 0) is 25.1 Å². The van der Waals surface area contributed by atoms with Gasteiger partial charge < -0.3 is 15.1 Å². The molecule has 7 heteroatoms. The van der Waals surface area contributed by atoms with Crippen LogP contribution < -0.4 is 10.6 Å². The normalized spacial score (nSPS) is 10.4. The van der Waals surface area contributed by atoms with Crippen molar-refractivity contribution in [2.45, 2.75) is 13.5 Å². The zero-order valence-corrected chi connectivity index (χ0v) is 10.7. The van der Waals surface area contributed by atoms with Gasteiger partial charge in [-0.25, -0.2) is 4.98 Å². The van der Waals surface area contributed by atoms with Gasteiger partial charge in [-0.3, -0.25) is 10.1 Å². The van der Waals surface area contributed by atoms with Gasteiger partial charge in [-0.2, -0.15) is 0 Å². The molecule has 2 aromatic rings. The molecule has 2 aromatic heterocycles. The summed E-state index contributed by atoms with van der Waals surface area (Å²) >= 11 is 0. The summed E-state index contributed by atoms with van der Waals surface area (Å²) < 4.78 is 5.46. The lowest BCUT2D eigenvalue weighted by atomic mass is 10.3. The van der Waals surface area contributed by atoms with Crippen LogP contribution in [-0.4, -0.2) is 17.0 Å². The Balaban J connectivity index is 2.17. The summed E-state index contributed by atoms with van der Waals surface area (Å²) in [5.74, 6) is 2.08. The van der Waals surface area contributed by atoms with Gasteiger partial charge in [0, 0.05) is 13.1 Å². The maximum Gasteiger partial charge on any atom is 0.311 e. The summed E-state index contributed by atoms with van der Waals surface area (Å²) in [6.45, 7) is 2.38. The molecular weight excluding hydrogens is 248 g/mol. The summed E-state index contributed by atoms with van der Waals surface area (Å²) in [6, 6.07) is 6.66. The molecule has 0 bridgehead atoms. The lowest BCUT2D eigenvalue weighted by Gasteiger charge is -2.16. The maximum absolute atomic E-state index is 10.7. The van der Waals surface area contributed by atoms with Crippen LogP contribution in [0, 0.1) is 17.0 Å². The van der Waals surface area contributed by atoms with Crippen molar-refractivity contribution in [3.63, 3.8) is 0 Å². The SMILES string of the molecule is Cc1ccc(CN(C)c2ccc([N+](=O)[O-])c(N)n2)o1. The highest BCUT2D eigenvalue weighted by atomic mass is 16.6. The van der Waals surface area contributed by atoms with Gasteiger partial charge in [0.25, 0.3) is 0 Å². The number of aryl methyl sites for hydroxylation is 1. The van der Waals surface area contributed by atoms with Gasteiger partial charge in [0.2, 0.25) is 5.82 Å². The predicted octanol–water partition coefficient (Wildman–Crippen LogP) is 2.11. The van der Waals surface area contributed by atoms with Crippen LogP contribution in [0.3, 0.4) is 0 Å². The van der Waals surface area contributed by atoms with Crippen molar-refractivity contribution in [1.29, 1.82) is 0 Å². The summed E-state index contributed by atoms with van der Waals surface area (Å²) in [7, 11) is 1.81. The Labute approximate surface area is 109 Å². The molecule has 0 saturated heterocycles. The van der Waals surface area contributed by atoms with Crippen LogP contribution in [0.25, 0.3) is 0 Å². The first-order valence-electron chi connectivity index (χ1n) is 5.64. The molecule has 0 fully saturated rings. The van der Waals surface area contributed by atoms with E-state index in [9.17, 15) is 10.1 Å². The van der Waals surface area contributed by atoms with Crippen molar-refractivity contribution >= 4 is 17.3 Å². The molecule has 7 nitrogen and oxygen atoms in total. The van der Waals surface area contributed by atoms with Gasteiger partial charge in [0.1, 0.15) is 17.3 Å². The van der Waals surface area contributed by atoms with Gasteiger partial charge >= 0.3 is 5.69 Å². The van der Waals surface area contributed by atoms with Crippen molar-refractivity contribution in [3.8, 4) is 0 Å². The van der Waals surface area contributed by atoms with E-state index in [2.05, 4.69) is 4.98 Å². The average molecular weight is 262 g/mol. The zero-order chi connectivity index (χ0) is 14.0. The molecule has 2 N–H and O–H groups in total. The van der Waals surface area contributed by atoms with E-state index in [4.69, 9.17) is 10.2 Å². The number of hydrogen-bond donors (Lipinski definition) is 1. The Morgan fingerprint density at radius 1 is 1.42 bits per heavy atom. The van der Waals surface area contributed by atoms with Crippen LogP contribution in [0.1, 0.15) is 11.5 Å². The fraction of sp³-hybridized carbons (Fsp3) is 0.250. The van der Waals surface area contributed by atoms with Gasteiger partial charge in [-0.1, -0.05) is 0 Å². The first kappa shape index (κ1) is 12.9. The first-order chi connectivity index (χ1) is 8.97. The highest BCUT2D eigenvalue weighted by Gasteiger charge is 2.15. The van der Waals surface area contributed by atoms with Crippen LogP contribution in [0.15, 0.2) is 28.7 Å². The Hall–Kier alpha value is -2.57. The highest BCUT2D eigenvalue weighted by molar-refractivity contribution is 5.57. The minimum atomic E-state index is -0.554. The van der Waals surface area contributed by atoms with Gasteiger partial charge in [-0.15, -0.1) is 0 Å². The quantitative estimate of drug-likeness (QED) is 0.669. The van der Waals surface area contributed by atoms with Crippen molar-refractivity contribution in [3.05, 3.63) is 45.9 Å². The van der Waals surface area contributed by atoms with E-state index < -0.39 is 4.92 Å². The van der Waals surface area contributed by atoms with Crippen molar-refractivity contribution in [1.82, 2.24) is 4.98 Å². The Kier molecular flexibility index (Phi) is 3.37. The molecule has 0 aliphatic heterocycles. The minimum Gasteiger partial charge on any atom is -0.464 e. The van der Waals surface area contributed by atoms with Crippen LogP contribution in [0.5, 0.6) is 0 Å². The molecule has 2 heterocycles. The van der Waals surface area contributed by atoms with Gasteiger partial charge in [0.05, 0.1) is 11.5 Å². The number of aromatic nitrogens is 1. The summed E-state index contributed by atoms with van der Waals surface area (Å²) in [5, 5.41) is 10.7. The van der Waals surface area contributed by atoms with E-state index in [1.165, 1.54) is 6.07 Å². The van der Waals surface area contributed by atoms with Crippen molar-refractivity contribution in [2.24, 2.45) is 0 Å². The Morgan fingerprint density at radius 3 is 2.68 bits per heavy atom. The van der Waals surface area contributed by atoms with Crippen molar-refractivity contribution in [2.75, 3.05) is 17.7 Å². The molecular formula is C12H14N4O3. The molecule has 19 heavy (non-hydrogen) atoms. The number of furan rings is 1. The lowest BCUT2D eigenvalue weighted by molar-refractivity contribution is -0.384. The molecule has 0 amide bonds. The Morgan fingerprint density at radius 2 is 2.16 bits per heavy atom. The number of hydrogen-bond acceptors (Lipinski definition) is 6. The molecule has 0 aliphatic carbocycles. The van der Waals surface area contributed by atoms with E-state index >= 15 is 0 Å². The number of nitrogens with zero attached hydrogens (tertiary/aromatic N) is 3. The van der Waals surface area contributed by atoms with Gasteiger partial charge in [0.15, 0.2) is 0 Å². The van der Waals surface area contributed by atoms with Crippen LogP contribution >= 0.6 is 0 Å². The maximum atomic E-state index is 10.7. The predicted molar refractivity (Wildman–Crippen MR) is 70.9 cm³/mol. The van der Waals surface area contributed by atoms with E-state index in [0.717, 1.165) is 11.5 Å². The number of pyridine rings is 1. The van der Waals surface area contributed by atoms with Crippen LogP contribution in [0.2, 0.25) is 0 Å².